The molecule has 1 aromatic heterocycles. The lowest BCUT2D eigenvalue weighted by Gasteiger charge is -2.19. The highest BCUT2D eigenvalue weighted by atomic mass is 19.1. The molecule has 1 atom stereocenters. The minimum atomic E-state index is -0.217. The predicted molar refractivity (Wildman–Crippen MR) is 109 cm³/mol. The maximum absolute atomic E-state index is 13.1. The van der Waals surface area contributed by atoms with Gasteiger partial charge in [-0.15, -0.1) is 0 Å². The van der Waals surface area contributed by atoms with Crippen molar-refractivity contribution in [1.29, 1.82) is 0 Å². The lowest BCUT2D eigenvalue weighted by molar-refractivity contribution is 0.0939. The van der Waals surface area contributed by atoms with Crippen LogP contribution in [0.2, 0.25) is 0 Å². The number of nitrogens with zero attached hydrogens (tertiary/aromatic N) is 2. The third kappa shape index (κ3) is 4.25. The van der Waals surface area contributed by atoms with E-state index in [1.165, 1.54) is 17.7 Å². The Bertz CT molecular complexity index is 921. The van der Waals surface area contributed by atoms with Crippen molar-refractivity contribution in [3.63, 3.8) is 0 Å². The highest BCUT2D eigenvalue weighted by Crippen LogP contribution is 2.23. The standard InChI is InChI=1S/C23H24FN3O/c24-20-8-10-21(11-9-20)26-14-12-19(17-26)15-25-23(28)22-7-4-13-27(22)16-18-5-2-1-3-6-18/h1-11,13,19H,12,14-17H2,(H,25,28). The topological polar surface area (TPSA) is 37.3 Å². The Labute approximate surface area is 164 Å². The summed E-state index contributed by atoms with van der Waals surface area (Å²) in [6.45, 7) is 3.12. The fraction of sp³-hybridized carbons (Fsp3) is 0.261. The molecule has 1 amide bonds. The van der Waals surface area contributed by atoms with Crippen LogP contribution in [0.15, 0.2) is 72.9 Å². The molecule has 144 valence electrons. The zero-order chi connectivity index (χ0) is 19.3. The lowest BCUT2D eigenvalue weighted by Crippen LogP contribution is -2.32. The van der Waals surface area contributed by atoms with Crippen LogP contribution in [0.1, 0.15) is 22.5 Å². The van der Waals surface area contributed by atoms with Gasteiger partial charge in [0.2, 0.25) is 0 Å². The summed E-state index contributed by atoms with van der Waals surface area (Å²) >= 11 is 0. The summed E-state index contributed by atoms with van der Waals surface area (Å²) < 4.78 is 15.1. The van der Waals surface area contributed by atoms with Gasteiger partial charge >= 0.3 is 0 Å². The van der Waals surface area contributed by atoms with Crippen LogP contribution in [-0.2, 0) is 6.54 Å². The van der Waals surface area contributed by atoms with Gasteiger partial charge in [-0.05, 0) is 54.3 Å². The van der Waals surface area contributed by atoms with E-state index < -0.39 is 0 Å². The number of amides is 1. The number of halogens is 1. The molecule has 5 heteroatoms. The molecule has 1 unspecified atom stereocenters. The first-order valence-electron chi connectivity index (χ1n) is 9.67. The summed E-state index contributed by atoms with van der Waals surface area (Å²) in [6, 6.07) is 20.5. The van der Waals surface area contributed by atoms with E-state index in [1.807, 2.05) is 53.2 Å². The van der Waals surface area contributed by atoms with Gasteiger partial charge in [0.05, 0.1) is 0 Å². The van der Waals surface area contributed by atoms with Crippen molar-refractivity contribution in [2.24, 2.45) is 5.92 Å². The van der Waals surface area contributed by atoms with Gasteiger partial charge in [0.15, 0.2) is 0 Å². The SMILES string of the molecule is O=C(NCC1CCN(c2ccc(F)cc2)C1)c1cccn1Cc1ccccc1. The molecule has 2 heterocycles. The molecule has 0 spiro atoms. The molecule has 1 saturated heterocycles. The Morgan fingerprint density at radius 1 is 1.04 bits per heavy atom. The summed E-state index contributed by atoms with van der Waals surface area (Å²) in [6.07, 6.45) is 2.95. The van der Waals surface area contributed by atoms with Gasteiger partial charge in [0, 0.05) is 38.1 Å². The molecule has 1 aliphatic rings. The van der Waals surface area contributed by atoms with Crippen LogP contribution in [0, 0.1) is 11.7 Å². The average Bonchev–Trinajstić information content (AvgIpc) is 3.37. The Hall–Kier alpha value is -3.08. The van der Waals surface area contributed by atoms with E-state index >= 15 is 0 Å². The molecule has 1 aliphatic heterocycles. The minimum absolute atomic E-state index is 0.0406. The number of anilines is 1. The quantitative estimate of drug-likeness (QED) is 0.707. The largest absolute Gasteiger partial charge is 0.371 e. The van der Waals surface area contributed by atoms with E-state index in [0.717, 1.165) is 25.2 Å². The number of hydrogen-bond donors (Lipinski definition) is 1. The third-order valence-electron chi connectivity index (χ3n) is 5.29. The molecular formula is C23H24FN3O. The lowest BCUT2D eigenvalue weighted by atomic mass is 10.1. The molecule has 28 heavy (non-hydrogen) atoms. The molecule has 0 radical (unpaired) electrons. The Balaban J connectivity index is 1.32. The number of carbonyl (C=O) groups is 1. The molecule has 0 bridgehead atoms. The van der Waals surface area contributed by atoms with E-state index in [2.05, 4.69) is 22.3 Å². The molecule has 4 nitrogen and oxygen atoms in total. The van der Waals surface area contributed by atoms with Gasteiger partial charge in [-0.3, -0.25) is 4.79 Å². The first-order valence-corrected chi connectivity index (χ1v) is 9.67. The van der Waals surface area contributed by atoms with E-state index in [1.54, 1.807) is 0 Å². The Kier molecular flexibility index (Phi) is 5.42. The maximum atomic E-state index is 13.1. The van der Waals surface area contributed by atoms with Gasteiger partial charge in [-0.1, -0.05) is 30.3 Å². The summed E-state index contributed by atoms with van der Waals surface area (Å²) in [5.74, 6) is 0.137. The van der Waals surface area contributed by atoms with Crippen molar-refractivity contribution < 1.29 is 9.18 Å². The summed E-state index contributed by atoms with van der Waals surface area (Å²) in [5, 5.41) is 3.09. The van der Waals surface area contributed by atoms with Crippen LogP contribution < -0.4 is 10.2 Å². The first-order chi connectivity index (χ1) is 13.7. The Morgan fingerprint density at radius 3 is 2.61 bits per heavy atom. The summed E-state index contributed by atoms with van der Waals surface area (Å²) in [7, 11) is 0. The normalized spacial score (nSPS) is 16.3. The molecular weight excluding hydrogens is 353 g/mol. The van der Waals surface area contributed by atoms with Crippen LogP contribution in [0.25, 0.3) is 0 Å². The van der Waals surface area contributed by atoms with Gasteiger partial charge < -0.3 is 14.8 Å². The average molecular weight is 377 g/mol. The van der Waals surface area contributed by atoms with Crippen molar-refractivity contribution in [3.05, 3.63) is 90.0 Å². The minimum Gasteiger partial charge on any atom is -0.371 e. The van der Waals surface area contributed by atoms with Crippen molar-refractivity contribution in [2.45, 2.75) is 13.0 Å². The summed E-state index contributed by atoms with van der Waals surface area (Å²) in [4.78, 5) is 14.9. The van der Waals surface area contributed by atoms with Gasteiger partial charge in [0.25, 0.3) is 5.91 Å². The second kappa shape index (κ2) is 8.30. The number of nitrogens with one attached hydrogen (secondary N) is 1. The monoisotopic (exact) mass is 377 g/mol. The van der Waals surface area contributed by atoms with Crippen molar-refractivity contribution in [3.8, 4) is 0 Å². The molecule has 0 aliphatic carbocycles. The number of carbonyl (C=O) groups excluding carboxylic acids is 1. The molecule has 1 N–H and O–H groups in total. The van der Waals surface area contributed by atoms with E-state index in [9.17, 15) is 9.18 Å². The molecule has 1 fully saturated rings. The van der Waals surface area contributed by atoms with Gasteiger partial charge in [-0.25, -0.2) is 4.39 Å². The predicted octanol–water partition coefficient (Wildman–Crippen LogP) is 3.93. The third-order valence-corrected chi connectivity index (χ3v) is 5.29. The van der Waals surface area contributed by atoms with Crippen LogP contribution in [0.4, 0.5) is 10.1 Å². The number of benzene rings is 2. The van der Waals surface area contributed by atoms with E-state index in [4.69, 9.17) is 0 Å². The highest BCUT2D eigenvalue weighted by molar-refractivity contribution is 5.92. The Morgan fingerprint density at radius 2 is 1.82 bits per heavy atom. The number of rotatable bonds is 6. The highest BCUT2D eigenvalue weighted by Gasteiger charge is 2.23. The molecule has 2 aromatic carbocycles. The second-order valence-corrected chi connectivity index (χ2v) is 7.29. The van der Waals surface area contributed by atoms with Crippen LogP contribution in [0.5, 0.6) is 0 Å². The van der Waals surface area contributed by atoms with Crippen LogP contribution >= 0.6 is 0 Å². The van der Waals surface area contributed by atoms with Crippen LogP contribution in [0.3, 0.4) is 0 Å². The smallest absolute Gasteiger partial charge is 0.267 e. The van der Waals surface area contributed by atoms with E-state index in [0.29, 0.717) is 24.7 Å². The summed E-state index contributed by atoms with van der Waals surface area (Å²) in [5.41, 5.74) is 2.88. The fourth-order valence-corrected chi connectivity index (χ4v) is 3.75. The van der Waals surface area contributed by atoms with Crippen LogP contribution in [-0.4, -0.2) is 30.1 Å². The zero-order valence-electron chi connectivity index (χ0n) is 15.7. The number of hydrogen-bond acceptors (Lipinski definition) is 2. The first kappa shape index (κ1) is 18.3. The van der Waals surface area contributed by atoms with Crippen molar-refractivity contribution >= 4 is 11.6 Å². The molecule has 4 rings (SSSR count). The van der Waals surface area contributed by atoms with Crippen molar-refractivity contribution in [1.82, 2.24) is 9.88 Å². The van der Waals surface area contributed by atoms with E-state index in [-0.39, 0.29) is 11.7 Å². The fourth-order valence-electron chi connectivity index (χ4n) is 3.75. The molecule has 3 aromatic rings. The molecule has 0 saturated carbocycles. The van der Waals surface area contributed by atoms with Crippen molar-refractivity contribution in [2.75, 3.05) is 24.5 Å². The number of aromatic nitrogens is 1. The zero-order valence-corrected chi connectivity index (χ0v) is 15.7. The van der Waals surface area contributed by atoms with Gasteiger partial charge in [0.1, 0.15) is 11.5 Å². The maximum Gasteiger partial charge on any atom is 0.267 e. The second-order valence-electron chi connectivity index (χ2n) is 7.29. The van der Waals surface area contributed by atoms with Gasteiger partial charge in [-0.2, -0.15) is 0 Å².